The number of hydrogen-bond donors (Lipinski definition) is 1. The van der Waals surface area contributed by atoms with E-state index in [1.165, 1.54) is 11.1 Å². The lowest BCUT2D eigenvalue weighted by atomic mass is 10.1. The van der Waals surface area contributed by atoms with Crippen LogP contribution < -0.4 is 10.1 Å². The maximum Gasteiger partial charge on any atom is 0.119 e. The first-order valence-electron chi connectivity index (χ1n) is 6.67. The lowest BCUT2D eigenvalue weighted by Crippen LogP contribution is -2.21. The van der Waals surface area contributed by atoms with Crippen molar-refractivity contribution in [1.29, 1.82) is 0 Å². The van der Waals surface area contributed by atoms with E-state index in [2.05, 4.69) is 52.2 Å². The van der Waals surface area contributed by atoms with Gasteiger partial charge in [-0.15, -0.1) is 0 Å². The largest absolute Gasteiger partial charge is 0.492 e. The number of ether oxygens (including phenoxy) is 1. The van der Waals surface area contributed by atoms with Gasteiger partial charge in [-0.25, -0.2) is 0 Å². The Morgan fingerprint density at radius 2 is 1.95 bits per heavy atom. The smallest absolute Gasteiger partial charge is 0.119 e. The summed E-state index contributed by atoms with van der Waals surface area (Å²) in [7, 11) is 0. The number of hydrogen-bond acceptors (Lipinski definition) is 3. The van der Waals surface area contributed by atoms with Crippen LogP contribution in [0.5, 0.6) is 5.75 Å². The van der Waals surface area contributed by atoms with E-state index in [4.69, 9.17) is 4.74 Å². The maximum absolute atomic E-state index is 5.76. The van der Waals surface area contributed by atoms with Crippen LogP contribution in [0.25, 0.3) is 0 Å². The molecule has 2 aromatic rings. The number of pyridine rings is 1. The first kappa shape index (κ1) is 15.0. The first-order chi connectivity index (χ1) is 9.66. The molecule has 0 aliphatic carbocycles. The minimum atomic E-state index is 0.646. The Labute approximate surface area is 128 Å². The molecule has 3 nitrogen and oxygen atoms in total. The lowest BCUT2D eigenvalue weighted by Gasteiger charge is -2.10. The SMILES string of the molecule is Cc1cc(OCCNCc2ccccn2)cc(C)c1Br. The van der Waals surface area contributed by atoms with Crippen molar-refractivity contribution in [3.05, 3.63) is 57.8 Å². The molecule has 0 amide bonds. The van der Waals surface area contributed by atoms with E-state index < -0.39 is 0 Å². The molecule has 0 aliphatic rings. The topological polar surface area (TPSA) is 34.1 Å². The van der Waals surface area contributed by atoms with Crippen molar-refractivity contribution in [3.63, 3.8) is 0 Å². The summed E-state index contributed by atoms with van der Waals surface area (Å²) in [5.41, 5.74) is 3.44. The highest BCUT2D eigenvalue weighted by Gasteiger charge is 2.03. The molecule has 2 rings (SSSR count). The normalized spacial score (nSPS) is 10.6. The summed E-state index contributed by atoms with van der Waals surface area (Å²) in [6.07, 6.45) is 1.81. The summed E-state index contributed by atoms with van der Waals surface area (Å²) in [6, 6.07) is 10.0. The van der Waals surface area contributed by atoms with Crippen LogP contribution in [-0.4, -0.2) is 18.1 Å². The van der Waals surface area contributed by atoms with Gasteiger partial charge in [-0.2, -0.15) is 0 Å². The van der Waals surface area contributed by atoms with Crippen molar-refractivity contribution in [2.24, 2.45) is 0 Å². The highest BCUT2D eigenvalue weighted by molar-refractivity contribution is 9.10. The van der Waals surface area contributed by atoms with E-state index in [9.17, 15) is 0 Å². The number of halogens is 1. The van der Waals surface area contributed by atoms with Gasteiger partial charge in [0.15, 0.2) is 0 Å². The molecule has 0 aliphatic heterocycles. The van der Waals surface area contributed by atoms with Crippen LogP contribution >= 0.6 is 15.9 Å². The highest BCUT2D eigenvalue weighted by Crippen LogP contribution is 2.26. The third-order valence-electron chi connectivity index (χ3n) is 2.99. The molecular weight excluding hydrogens is 316 g/mol. The van der Waals surface area contributed by atoms with Gasteiger partial charge in [-0.1, -0.05) is 22.0 Å². The second-order valence-corrected chi connectivity index (χ2v) is 5.51. The Bertz CT molecular complexity index is 535. The van der Waals surface area contributed by atoms with Crippen molar-refractivity contribution in [3.8, 4) is 5.75 Å². The molecule has 0 fully saturated rings. The number of nitrogens with zero attached hydrogens (tertiary/aromatic N) is 1. The second kappa shape index (κ2) is 7.41. The third-order valence-corrected chi connectivity index (χ3v) is 4.24. The van der Waals surface area contributed by atoms with Gasteiger partial charge in [0, 0.05) is 23.8 Å². The molecule has 1 N–H and O–H groups in total. The van der Waals surface area contributed by atoms with Crippen molar-refractivity contribution in [2.75, 3.05) is 13.2 Å². The fourth-order valence-electron chi connectivity index (χ4n) is 1.95. The van der Waals surface area contributed by atoms with Gasteiger partial charge >= 0.3 is 0 Å². The van der Waals surface area contributed by atoms with Gasteiger partial charge in [0.05, 0.1) is 5.69 Å². The van der Waals surface area contributed by atoms with E-state index in [-0.39, 0.29) is 0 Å². The van der Waals surface area contributed by atoms with Crippen molar-refractivity contribution < 1.29 is 4.74 Å². The van der Waals surface area contributed by atoms with Crippen LogP contribution in [0.1, 0.15) is 16.8 Å². The Hall–Kier alpha value is -1.39. The summed E-state index contributed by atoms with van der Waals surface area (Å²) in [6.45, 7) is 6.35. The third kappa shape index (κ3) is 4.32. The zero-order valence-electron chi connectivity index (χ0n) is 11.8. The number of aryl methyl sites for hydroxylation is 2. The molecule has 4 heteroatoms. The summed E-state index contributed by atoms with van der Waals surface area (Å²) in [5, 5.41) is 3.32. The number of rotatable bonds is 6. The number of aromatic nitrogens is 1. The van der Waals surface area contributed by atoms with Crippen LogP contribution in [0, 0.1) is 13.8 Å². The van der Waals surface area contributed by atoms with E-state index in [1.54, 1.807) is 6.20 Å². The standard InChI is InChI=1S/C16H19BrN2O/c1-12-9-15(10-13(2)16(12)17)20-8-7-18-11-14-5-3-4-6-19-14/h3-6,9-10,18H,7-8,11H2,1-2H3. The average Bonchev–Trinajstić information content (AvgIpc) is 2.45. The van der Waals surface area contributed by atoms with Gasteiger partial charge in [-0.05, 0) is 49.2 Å². The molecule has 1 aromatic carbocycles. The summed E-state index contributed by atoms with van der Waals surface area (Å²) >= 11 is 3.56. The summed E-state index contributed by atoms with van der Waals surface area (Å²) in [4.78, 5) is 4.26. The molecule has 106 valence electrons. The van der Waals surface area contributed by atoms with E-state index in [0.29, 0.717) is 6.61 Å². The monoisotopic (exact) mass is 334 g/mol. The molecule has 0 radical (unpaired) electrons. The molecule has 20 heavy (non-hydrogen) atoms. The van der Waals surface area contributed by atoms with Crippen molar-refractivity contribution in [2.45, 2.75) is 20.4 Å². The van der Waals surface area contributed by atoms with Crippen LogP contribution in [0.3, 0.4) is 0 Å². The molecule has 0 unspecified atom stereocenters. The molecular formula is C16H19BrN2O. The molecule has 0 saturated heterocycles. The van der Waals surface area contributed by atoms with E-state index >= 15 is 0 Å². The minimum Gasteiger partial charge on any atom is -0.492 e. The van der Waals surface area contributed by atoms with Crippen LogP contribution in [-0.2, 0) is 6.54 Å². The Morgan fingerprint density at radius 3 is 2.60 bits per heavy atom. The Balaban J connectivity index is 1.74. The first-order valence-corrected chi connectivity index (χ1v) is 7.46. The van der Waals surface area contributed by atoms with Gasteiger partial charge in [-0.3, -0.25) is 4.98 Å². The van der Waals surface area contributed by atoms with Crippen molar-refractivity contribution >= 4 is 15.9 Å². The zero-order chi connectivity index (χ0) is 14.4. The van der Waals surface area contributed by atoms with Crippen molar-refractivity contribution in [1.82, 2.24) is 10.3 Å². The van der Waals surface area contributed by atoms with Gasteiger partial charge in [0.2, 0.25) is 0 Å². The van der Waals surface area contributed by atoms with Gasteiger partial charge in [0.1, 0.15) is 12.4 Å². The number of nitrogens with one attached hydrogen (secondary N) is 1. The molecule has 0 saturated carbocycles. The minimum absolute atomic E-state index is 0.646. The quantitative estimate of drug-likeness (QED) is 0.819. The van der Waals surface area contributed by atoms with Crippen LogP contribution in [0.4, 0.5) is 0 Å². The molecule has 0 spiro atoms. The fraction of sp³-hybridized carbons (Fsp3) is 0.312. The van der Waals surface area contributed by atoms with Crippen LogP contribution in [0.2, 0.25) is 0 Å². The molecule has 1 heterocycles. The number of benzene rings is 1. The Kier molecular flexibility index (Phi) is 5.56. The molecule has 0 bridgehead atoms. The predicted molar refractivity (Wildman–Crippen MR) is 85.1 cm³/mol. The summed E-state index contributed by atoms with van der Waals surface area (Å²) in [5.74, 6) is 0.919. The lowest BCUT2D eigenvalue weighted by molar-refractivity contribution is 0.313. The van der Waals surface area contributed by atoms with Gasteiger partial charge in [0.25, 0.3) is 0 Å². The highest BCUT2D eigenvalue weighted by atomic mass is 79.9. The second-order valence-electron chi connectivity index (χ2n) is 4.72. The summed E-state index contributed by atoms with van der Waals surface area (Å²) < 4.78 is 6.91. The fourth-order valence-corrected chi connectivity index (χ4v) is 2.18. The van der Waals surface area contributed by atoms with Gasteiger partial charge < -0.3 is 10.1 Å². The van der Waals surface area contributed by atoms with E-state index in [0.717, 1.165) is 29.0 Å². The molecule has 0 atom stereocenters. The predicted octanol–water partition coefficient (Wildman–Crippen LogP) is 3.63. The average molecular weight is 335 g/mol. The van der Waals surface area contributed by atoms with E-state index in [1.807, 2.05) is 18.2 Å². The molecule has 1 aromatic heterocycles. The Morgan fingerprint density at radius 1 is 1.20 bits per heavy atom. The maximum atomic E-state index is 5.76. The zero-order valence-corrected chi connectivity index (χ0v) is 13.4. The van der Waals surface area contributed by atoms with Crippen LogP contribution in [0.15, 0.2) is 41.0 Å².